The van der Waals surface area contributed by atoms with E-state index in [0.717, 1.165) is 30.5 Å². The molecule has 1 unspecified atom stereocenters. The van der Waals surface area contributed by atoms with Crippen molar-refractivity contribution in [3.63, 3.8) is 0 Å². The van der Waals surface area contributed by atoms with Gasteiger partial charge >= 0.3 is 5.97 Å². The second-order valence-electron chi connectivity index (χ2n) is 5.55. The predicted molar refractivity (Wildman–Crippen MR) is 76.1 cm³/mol. The van der Waals surface area contributed by atoms with Gasteiger partial charge in [-0.1, -0.05) is 0 Å². The Morgan fingerprint density at radius 2 is 2.19 bits per heavy atom. The molecule has 0 saturated carbocycles. The van der Waals surface area contributed by atoms with Gasteiger partial charge in [0.05, 0.1) is 11.5 Å². The molecule has 0 amide bonds. The lowest BCUT2D eigenvalue weighted by Gasteiger charge is -2.29. The number of fused-ring (bicyclic) bond motifs is 1. The van der Waals surface area contributed by atoms with Gasteiger partial charge in [-0.3, -0.25) is 4.79 Å². The summed E-state index contributed by atoms with van der Waals surface area (Å²) in [6.07, 6.45) is 4.56. The average molecular weight is 311 g/mol. The Balaban J connectivity index is 1.97. The number of hydrogen-bond donors (Lipinski definition) is 1. The van der Waals surface area contributed by atoms with Crippen molar-refractivity contribution >= 4 is 21.6 Å². The first-order valence-corrected chi connectivity index (χ1v) is 8.80. The Bertz CT molecular complexity index is 674. The Morgan fingerprint density at radius 1 is 1.38 bits per heavy atom. The van der Waals surface area contributed by atoms with Gasteiger partial charge in [0, 0.05) is 17.3 Å². The minimum Gasteiger partial charge on any atom is -0.480 e. The summed E-state index contributed by atoms with van der Waals surface area (Å²) in [6, 6.07) is -0.314. The first-order chi connectivity index (χ1) is 9.96. The molecule has 21 heavy (non-hydrogen) atoms. The van der Waals surface area contributed by atoms with E-state index in [1.54, 1.807) is 4.90 Å². The normalized spacial score (nSPS) is 23.0. The number of carboxylic acids is 1. The molecule has 0 radical (unpaired) electrons. The second kappa shape index (κ2) is 5.25. The molecular formula is C13H17N3O4S. The van der Waals surface area contributed by atoms with Crippen LogP contribution < -0.4 is 4.90 Å². The van der Waals surface area contributed by atoms with Crippen LogP contribution in [0.3, 0.4) is 0 Å². The first-order valence-electron chi connectivity index (χ1n) is 6.98. The van der Waals surface area contributed by atoms with E-state index in [4.69, 9.17) is 5.11 Å². The van der Waals surface area contributed by atoms with Gasteiger partial charge in [-0.25, -0.2) is 18.4 Å². The summed E-state index contributed by atoms with van der Waals surface area (Å²) in [6.45, 7) is -0.232. The summed E-state index contributed by atoms with van der Waals surface area (Å²) < 4.78 is 23.4. The fourth-order valence-electron chi connectivity index (χ4n) is 3.13. The molecule has 1 saturated heterocycles. The van der Waals surface area contributed by atoms with Gasteiger partial charge in [-0.2, -0.15) is 0 Å². The van der Waals surface area contributed by atoms with Crippen LogP contribution in [0.25, 0.3) is 0 Å². The van der Waals surface area contributed by atoms with Crippen LogP contribution in [-0.4, -0.2) is 53.6 Å². The molecule has 2 heterocycles. The molecule has 8 heteroatoms. The number of hydrogen-bond acceptors (Lipinski definition) is 6. The molecule has 114 valence electrons. The highest BCUT2D eigenvalue weighted by molar-refractivity contribution is 7.91. The molecule has 1 aromatic heterocycles. The predicted octanol–water partition coefficient (Wildman–Crippen LogP) is 0.0434. The van der Waals surface area contributed by atoms with Crippen LogP contribution in [0.15, 0.2) is 6.33 Å². The quantitative estimate of drug-likeness (QED) is 0.838. The van der Waals surface area contributed by atoms with Crippen molar-refractivity contribution in [2.75, 3.05) is 23.0 Å². The molecule has 0 bridgehead atoms. The Kier molecular flexibility index (Phi) is 3.56. The lowest BCUT2D eigenvalue weighted by Crippen LogP contribution is -2.41. The average Bonchev–Trinajstić information content (AvgIpc) is 3.01. The summed E-state index contributed by atoms with van der Waals surface area (Å²) in [5.74, 6) is -0.271. The Morgan fingerprint density at radius 3 is 2.86 bits per heavy atom. The van der Waals surface area contributed by atoms with Crippen molar-refractivity contribution in [3.8, 4) is 0 Å². The zero-order valence-electron chi connectivity index (χ0n) is 11.5. The van der Waals surface area contributed by atoms with E-state index in [0.29, 0.717) is 12.2 Å². The molecule has 3 rings (SSSR count). The van der Waals surface area contributed by atoms with Crippen LogP contribution in [-0.2, 0) is 27.5 Å². The number of anilines is 1. The molecule has 1 atom stereocenters. The fraction of sp³-hybridized carbons (Fsp3) is 0.615. The molecule has 0 spiro atoms. The van der Waals surface area contributed by atoms with E-state index in [9.17, 15) is 13.2 Å². The zero-order chi connectivity index (χ0) is 15.0. The van der Waals surface area contributed by atoms with E-state index in [1.807, 2.05) is 0 Å². The van der Waals surface area contributed by atoms with E-state index in [1.165, 1.54) is 6.33 Å². The standard InChI is InChI=1S/C13H17N3O4S/c17-12(18)6-16(9-4-5-21(19,20)7-9)13-10-2-1-3-11(10)14-8-15-13/h8-9H,1-7H2,(H,17,18). The monoisotopic (exact) mass is 311 g/mol. The third kappa shape index (κ3) is 2.85. The van der Waals surface area contributed by atoms with E-state index in [2.05, 4.69) is 9.97 Å². The van der Waals surface area contributed by atoms with Crippen molar-refractivity contribution in [1.82, 2.24) is 9.97 Å². The summed E-state index contributed by atoms with van der Waals surface area (Å²) in [5.41, 5.74) is 1.93. The smallest absolute Gasteiger partial charge is 0.323 e. The highest BCUT2D eigenvalue weighted by Crippen LogP contribution is 2.31. The van der Waals surface area contributed by atoms with Gasteiger partial charge in [0.15, 0.2) is 9.84 Å². The van der Waals surface area contributed by atoms with Crippen LogP contribution in [0.2, 0.25) is 0 Å². The maximum Gasteiger partial charge on any atom is 0.323 e. The van der Waals surface area contributed by atoms with E-state index >= 15 is 0 Å². The molecule has 1 aromatic rings. The van der Waals surface area contributed by atoms with Gasteiger partial charge in [0.1, 0.15) is 18.7 Å². The third-order valence-electron chi connectivity index (χ3n) is 4.08. The highest BCUT2D eigenvalue weighted by Gasteiger charge is 2.35. The number of sulfone groups is 1. The third-order valence-corrected chi connectivity index (χ3v) is 5.83. The van der Waals surface area contributed by atoms with Gasteiger partial charge in [-0.15, -0.1) is 0 Å². The Labute approximate surface area is 122 Å². The van der Waals surface area contributed by atoms with E-state index in [-0.39, 0.29) is 24.1 Å². The molecule has 1 aliphatic heterocycles. The summed E-state index contributed by atoms with van der Waals surface area (Å²) in [5, 5.41) is 9.15. The van der Waals surface area contributed by atoms with E-state index < -0.39 is 15.8 Å². The van der Waals surface area contributed by atoms with Crippen molar-refractivity contribution in [1.29, 1.82) is 0 Å². The SMILES string of the molecule is O=C(O)CN(c1ncnc2c1CCC2)C1CCS(=O)(=O)C1. The number of carboxylic acid groups (broad SMARTS) is 1. The maximum atomic E-state index is 11.7. The van der Waals surface area contributed by atoms with Crippen LogP contribution in [0.5, 0.6) is 0 Å². The highest BCUT2D eigenvalue weighted by atomic mass is 32.2. The van der Waals surface area contributed by atoms with Crippen LogP contribution in [0, 0.1) is 0 Å². The zero-order valence-corrected chi connectivity index (χ0v) is 12.3. The molecule has 1 aliphatic carbocycles. The molecular weight excluding hydrogens is 294 g/mol. The molecule has 1 fully saturated rings. The van der Waals surface area contributed by atoms with Crippen molar-refractivity contribution in [2.45, 2.75) is 31.7 Å². The van der Waals surface area contributed by atoms with Crippen LogP contribution >= 0.6 is 0 Å². The Hall–Kier alpha value is -1.70. The number of aromatic nitrogens is 2. The minimum absolute atomic E-state index is 0.000936. The molecule has 7 nitrogen and oxygen atoms in total. The van der Waals surface area contributed by atoms with Crippen molar-refractivity contribution < 1.29 is 18.3 Å². The summed E-state index contributed by atoms with van der Waals surface area (Å²) >= 11 is 0. The molecule has 1 N–H and O–H groups in total. The van der Waals surface area contributed by atoms with Gasteiger partial charge in [0.25, 0.3) is 0 Å². The molecule has 2 aliphatic rings. The van der Waals surface area contributed by atoms with Crippen LogP contribution in [0.1, 0.15) is 24.1 Å². The van der Waals surface area contributed by atoms with Gasteiger partial charge < -0.3 is 10.0 Å². The van der Waals surface area contributed by atoms with Gasteiger partial charge in [-0.05, 0) is 25.7 Å². The second-order valence-corrected chi connectivity index (χ2v) is 7.78. The number of nitrogens with zero attached hydrogens (tertiary/aromatic N) is 3. The van der Waals surface area contributed by atoms with Crippen molar-refractivity contribution in [3.05, 3.63) is 17.6 Å². The summed E-state index contributed by atoms with van der Waals surface area (Å²) in [7, 11) is -3.08. The number of aryl methyl sites for hydroxylation is 1. The lowest BCUT2D eigenvalue weighted by atomic mass is 10.1. The first kappa shape index (κ1) is 14.2. The van der Waals surface area contributed by atoms with Crippen molar-refractivity contribution in [2.24, 2.45) is 0 Å². The number of aliphatic carboxylic acids is 1. The maximum absolute atomic E-state index is 11.7. The van der Waals surface area contributed by atoms with Crippen LogP contribution in [0.4, 0.5) is 5.82 Å². The summed E-state index contributed by atoms with van der Waals surface area (Å²) in [4.78, 5) is 21.3. The number of rotatable bonds is 4. The fourth-order valence-corrected chi connectivity index (χ4v) is 4.86. The number of carbonyl (C=O) groups is 1. The van der Waals surface area contributed by atoms with Gasteiger partial charge in [0.2, 0.25) is 0 Å². The lowest BCUT2D eigenvalue weighted by molar-refractivity contribution is -0.135. The minimum atomic E-state index is -3.08. The topological polar surface area (TPSA) is 100 Å². The largest absolute Gasteiger partial charge is 0.480 e. The molecule has 0 aromatic carbocycles.